The number of nitrogen functional groups attached to an aromatic ring is 1. The van der Waals surface area contributed by atoms with E-state index < -0.39 is 0 Å². The lowest BCUT2D eigenvalue weighted by Gasteiger charge is -2.02. The third-order valence-electron chi connectivity index (χ3n) is 3.66. The highest BCUT2D eigenvalue weighted by Gasteiger charge is 2.23. The molecule has 4 nitrogen and oxygen atoms in total. The molecule has 0 atom stereocenters. The van der Waals surface area contributed by atoms with Gasteiger partial charge < -0.3 is 10.2 Å². The monoisotopic (exact) mass is 287 g/mol. The highest BCUT2D eigenvalue weighted by atomic mass is 32.1. The van der Waals surface area contributed by atoms with Gasteiger partial charge in [-0.1, -0.05) is 6.07 Å². The summed E-state index contributed by atoms with van der Waals surface area (Å²) in [4.78, 5) is 1.13. The molecule has 3 aromatic heterocycles. The van der Waals surface area contributed by atoms with Crippen molar-refractivity contribution in [2.45, 2.75) is 20.8 Å². The van der Waals surface area contributed by atoms with Crippen LogP contribution in [0.3, 0.4) is 0 Å². The lowest BCUT2D eigenvalue weighted by atomic mass is 10.0. The Morgan fingerprint density at radius 1 is 1.20 bits per heavy atom. The van der Waals surface area contributed by atoms with Crippen LogP contribution in [-0.2, 0) is 7.05 Å². The van der Waals surface area contributed by atoms with Crippen LogP contribution in [0.4, 0.5) is 5.82 Å². The molecule has 0 aliphatic carbocycles. The molecule has 0 saturated heterocycles. The van der Waals surface area contributed by atoms with Crippen LogP contribution in [0.15, 0.2) is 21.9 Å². The number of hydrogen-bond donors (Lipinski definition) is 1. The molecule has 0 spiro atoms. The van der Waals surface area contributed by atoms with E-state index in [1.54, 1.807) is 16.0 Å². The van der Waals surface area contributed by atoms with Gasteiger partial charge in [-0.3, -0.25) is 4.68 Å². The van der Waals surface area contributed by atoms with E-state index in [-0.39, 0.29) is 0 Å². The van der Waals surface area contributed by atoms with E-state index in [9.17, 15) is 0 Å². The van der Waals surface area contributed by atoms with Gasteiger partial charge in [0.25, 0.3) is 0 Å². The van der Waals surface area contributed by atoms with E-state index in [1.165, 1.54) is 0 Å². The summed E-state index contributed by atoms with van der Waals surface area (Å²) in [5, 5.41) is 6.66. The summed E-state index contributed by atoms with van der Waals surface area (Å²) in [5.41, 5.74) is 10.3. The van der Waals surface area contributed by atoms with Crippen molar-refractivity contribution < 1.29 is 4.42 Å². The predicted molar refractivity (Wildman–Crippen MR) is 82.8 cm³/mol. The van der Waals surface area contributed by atoms with Crippen LogP contribution in [0.1, 0.15) is 17.1 Å². The second-order valence-electron chi connectivity index (χ2n) is 4.92. The van der Waals surface area contributed by atoms with Gasteiger partial charge in [0.1, 0.15) is 23.0 Å². The zero-order valence-corrected chi connectivity index (χ0v) is 12.8. The van der Waals surface area contributed by atoms with Gasteiger partial charge in [0, 0.05) is 17.5 Å². The molecule has 20 heavy (non-hydrogen) atoms. The molecule has 5 heteroatoms. The molecule has 0 radical (unpaired) electrons. The van der Waals surface area contributed by atoms with Gasteiger partial charge in [0.15, 0.2) is 0 Å². The van der Waals surface area contributed by atoms with Crippen LogP contribution in [-0.4, -0.2) is 9.78 Å². The van der Waals surface area contributed by atoms with Crippen LogP contribution >= 0.6 is 11.3 Å². The molecule has 3 heterocycles. The Hall–Kier alpha value is -2.01. The quantitative estimate of drug-likeness (QED) is 0.777. The van der Waals surface area contributed by atoms with Crippen LogP contribution < -0.4 is 5.73 Å². The van der Waals surface area contributed by atoms with Crippen LogP contribution in [0.25, 0.3) is 21.7 Å². The summed E-state index contributed by atoms with van der Waals surface area (Å²) < 4.78 is 7.46. The molecule has 0 aliphatic rings. The van der Waals surface area contributed by atoms with Gasteiger partial charge in [-0.2, -0.15) is 5.10 Å². The molecule has 0 unspecified atom stereocenters. The molecule has 0 fully saturated rings. The Morgan fingerprint density at radius 2 is 1.95 bits per heavy atom. The molecule has 0 saturated carbocycles. The summed E-state index contributed by atoms with van der Waals surface area (Å²) in [6.45, 7) is 6.01. The third kappa shape index (κ3) is 1.78. The third-order valence-corrected chi connectivity index (χ3v) is 4.54. The lowest BCUT2D eigenvalue weighted by Crippen LogP contribution is -1.97. The topological polar surface area (TPSA) is 57.0 Å². The minimum Gasteiger partial charge on any atom is -0.466 e. The van der Waals surface area contributed by atoms with E-state index in [0.717, 1.165) is 38.8 Å². The summed E-state index contributed by atoms with van der Waals surface area (Å²) in [6, 6.07) is 4.09. The molecule has 104 valence electrons. The van der Waals surface area contributed by atoms with Crippen molar-refractivity contribution in [2.24, 2.45) is 7.05 Å². The second kappa shape index (κ2) is 4.52. The number of nitrogens with two attached hydrogens (primary N) is 1. The van der Waals surface area contributed by atoms with Crippen molar-refractivity contribution in [3.05, 3.63) is 34.6 Å². The first-order valence-electron chi connectivity index (χ1n) is 6.44. The van der Waals surface area contributed by atoms with Crippen molar-refractivity contribution in [3.63, 3.8) is 0 Å². The smallest absolute Gasteiger partial charge is 0.130 e. The van der Waals surface area contributed by atoms with Crippen LogP contribution in [0.5, 0.6) is 0 Å². The number of thiophene rings is 1. The number of rotatable bonds is 2. The maximum Gasteiger partial charge on any atom is 0.130 e. The molecular weight excluding hydrogens is 270 g/mol. The highest BCUT2D eigenvalue weighted by Crippen LogP contribution is 2.41. The largest absolute Gasteiger partial charge is 0.466 e. The Balaban J connectivity index is 2.33. The SMILES string of the molecule is Cc1oc(C)c(-c2nn(C)c(N)c2-c2cccs2)c1C. The first kappa shape index (κ1) is 13.0. The molecule has 2 N–H and O–H groups in total. The number of anilines is 1. The maximum atomic E-state index is 6.22. The molecule has 0 aromatic carbocycles. The van der Waals surface area contributed by atoms with Gasteiger partial charge in [-0.05, 0) is 37.8 Å². The fraction of sp³-hybridized carbons (Fsp3) is 0.267. The van der Waals surface area contributed by atoms with E-state index in [2.05, 4.69) is 18.1 Å². The summed E-state index contributed by atoms with van der Waals surface area (Å²) in [6.07, 6.45) is 0. The van der Waals surface area contributed by atoms with Crippen molar-refractivity contribution in [2.75, 3.05) is 5.73 Å². The fourth-order valence-electron chi connectivity index (χ4n) is 2.52. The van der Waals surface area contributed by atoms with E-state index in [4.69, 9.17) is 10.2 Å². The van der Waals surface area contributed by atoms with Crippen LogP contribution in [0, 0.1) is 20.8 Å². The summed E-state index contributed by atoms with van der Waals surface area (Å²) >= 11 is 1.67. The minimum atomic E-state index is 0.681. The molecule has 3 aromatic rings. The van der Waals surface area contributed by atoms with Gasteiger partial charge in [0.05, 0.1) is 5.56 Å². The lowest BCUT2D eigenvalue weighted by molar-refractivity contribution is 0.503. The molecule has 0 bridgehead atoms. The van der Waals surface area contributed by atoms with Crippen molar-refractivity contribution in [3.8, 4) is 21.7 Å². The Kier molecular flexibility index (Phi) is 2.94. The molecule has 0 aliphatic heterocycles. The number of aryl methyl sites for hydroxylation is 3. The fourth-order valence-corrected chi connectivity index (χ4v) is 3.30. The Bertz CT molecular complexity index is 766. The summed E-state index contributed by atoms with van der Waals surface area (Å²) in [7, 11) is 1.87. The van der Waals surface area contributed by atoms with Crippen molar-refractivity contribution in [1.29, 1.82) is 0 Å². The van der Waals surface area contributed by atoms with Crippen molar-refractivity contribution in [1.82, 2.24) is 9.78 Å². The number of hydrogen-bond acceptors (Lipinski definition) is 4. The highest BCUT2D eigenvalue weighted by molar-refractivity contribution is 7.13. The van der Waals surface area contributed by atoms with Crippen LogP contribution in [0.2, 0.25) is 0 Å². The van der Waals surface area contributed by atoms with E-state index in [0.29, 0.717) is 5.82 Å². The zero-order valence-electron chi connectivity index (χ0n) is 12.0. The molecule has 0 amide bonds. The predicted octanol–water partition coefficient (Wildman–Crippen LogP) is 3.92. The first-order valence-corrected chi connectivity index (χ1v) is 7.32. The first-order chi connectivity index (χ1) is 9.50. The van der Waals surface area contributed by atoms with Gasteiger partial charge in [-0.15, -0.1) is 11.3 Å². The molecule has 3 rings (SSSR count). The summed E-state index contributed by atoms with van der Waals surface area (Å²) in [5.74, 6) is 2.50. The number of aromatic nitrogens is 2. The average Bonchev–Trinajstić information content (AvgIpc) is 3.05. The zero-order chi connectivity index (χ0) is 14.4. The molecular formula is C15H17N3OS. The van der Waals surface area contributed by atoms with Gasteiger partial charge in [0.2, 0.25) is 0 Å². The standard InChI is InChI=1S/C15H17N3OS/c1-8-9(2)19-10(3)12(8)14-13(11-6-5-7-20-11)15(16)18(4)17-14/h5-7H,16H2,1-4H3. The van der Waals surface area contributed by atoms with E-state index >= 15 is 0 Å². The number of furan rings is 1. The van der Waals surface area contributed by atoms with Gasteiger partial charge in [-0.25, -0.2) is 0 Å². The maximum absolute atomic E-state index is 6.22. The van der Waals surface area contributed by atoms with E-state index in [1.807, 2.05) is 32.3 Å². The number of nitrogens with zero attached hydrogens (tertiary/aromatic N) is 2. The minimum absolute atomic E-state index is 0.681. The second-order valence-corrected chi connectivity index (χ2v) is 5.87. The van der Waals surface area contributed by atoms with Crippen molar-refractivity contribution >= 4 is 17.2 Å². The van der Waals surface area contributed by atoms with Gasteiger partial charge >= 0.3 is 0 Å². The Morgan fingerprint density at radius 3 is 2.50 bits per heavy atom. The normalized spacial score (nSPS) is 11.2. The Labute approximate surface area is 121 Å². The average molecular weight is 287 g/mol.